The Morgan fingerprint density at radius 1 is 1.17 bits per heavy atom. The molecule has 0 aliphatic heterocycles. The van der Waals surface area contributed by atoms with E-state index in [0.717, 1.165) is 10.4 Å². The third-order valence-electron chi connectivity index (χ3n) is 3.01. The Bertz CT molecular complexity index is 857. The summed E-state index contributed by atoms with van der Waals surface area (Å²) < 4.78 is 2.68. The van der Waals surface area contributed by atoms with Crippen LogP contribution in [0.5, 0.6) is 0 Å². The summed E-state index contributed by atoms with van der Waals surface area (Å²) in [5, 5.41) is 14.5. The SMILES string of the molecule is O=C(Cn1ncccc1=O)NCc1cn(-c2ccncc2)nn1. The van der Waals surface area contributed by atoms with Crippen LogP contribution in [0.1, 0.15) is 5.69 Å². The average Bonchev–Trinajstić information content (AvgIpc) is 3.05. The van der Waals surface area contributed by atoms with Crippen LogP contribution in [0.4, 0.5) is 0 Å². The number of nitrogens with zero attached hydrogens (tertiary/aromatic N) is 6. The fraction of sp³-hybridized carbons (Fsp3) is 0.143. The number of aromatic nitrogens is 6. The molecule has 23 heavy (non-hydrogen) atoms. The van der Waals surface area contributed by atoms with Gasteiger partial charge in [-0.3, -0.25) is 14.6 Å². The second kappa shape index (κ2) is 6.60. The molecule has 0 aliphatic rings. The third-order valence-corrected chi connectivity index (χ3v) is 3.01. The van der Waals surface area contributed by atoms with Crippen LogP contribution in [-0.4, -0.2) is 35.7 Å². The standard InChI is InChI=1S/C14H13N7O2/c22-13(10-21-14(23)2-1-5-17-21)16-8-11-9-20(19-18-11)12-3-6-15-7-4-12/h1-7,9H,8,10H2,(H,16,22). The van der Waals surface area contributed by atoms with Crippen molar-refractivity contribution in [1.29, 1.82) is 0 Å². The molecule has 0 saturated carbocycles. The van der Waals surface area contributed by atoms with Crippen LogP contribution >= 0.6 is 0 Å². The Labute approximate surface area is 130 Å². The highest BCUT2D eigenvalue weighted by Gasteiger charge is 2.07. The number of amides is 1. The van der Waals surface area contributed by atoms with Gasteiger partial charge >= 0.3 is 0 Å². The van der Waals surface area contributed by atoms with Crippen molar-refractivity contribution in [2.45, 2.75) is 13.1 Å². The molecule has 0 spiro atoms. The minimum atomic E-state index is -0.329. The van der Waals surface area contributed by atoms with E-state index in [4.69, 9.17) is 0 Å². The molecule has 3 aromatic heterocycles. The summed E-state index contributed by atoms with van der Waals surface area (Å²) >= 11 is 0. The fourth-order valence-electron chi connectivity index (χ4n) is 1.89. The van der Waals surface area contributed by atoms with Gasteiger partial charge in [-0.2, -0.15) is 5.10 Å². The number of hydrogen-bond acceptors (Lipinski definition) is 6. The summed E-state index contributed by atoms with van der Waals surface area (Å²) in [5.74, 6) is -0.329. The second-order valence-corrected chi connectivity index (χ2v) is 4.66. The average molecular weight is 311 g/mol. The first-order chi connectivity index (χ1) is 11.2. The van der Waals surface area contributed by atoms with Gasteiger partial charge in [0.2, 0.25) is 5.91 Å². The lowest BCUT2D eigenvalue weighted by Crippen LogP contribution is -2.32. The molecule has 9 nitrogen and oxygen atoms in total. The van der Waals surface area contributed by atoms with Crippen LogP contribution in [-0.2, 0) is 17.9 Å². The summed E-state index contributed by atoms with van der Waals surface area (Å²) in [4.78, 5) is 27.3. The molecule has 9 heteroatoms. The molecule has 0 bridgehead atoms. The molecule has 3 heterocycles. The molecule has 3 rings (SSSR count). The van der Waals surface area contributed by atoms with E-state index < -0.39 is 0 Å². The first-order valence-electron chi connectivity index (χ1n) is 6.83. The maximum Gasteiger partial charge on any atom is 0.267 e. The molecule has 0 aliphatic carbocycles. The molecule has 0 aromatic carbocycles. The molecular weight excluding hydrogens is 298 g/mol. The third kappa shape index (κ3) is 3.64. The molecule has 116 valence electrons. The summed E-state index contributed by atoms with van der Waals surface area (Å²) in [6.45, 7) is 0.0731. The number of pyridine rings is 1. The lowest BCUT2D eigenvalue weighted by molar-refractivity contribution is -0.122. The quantitative estimate of drug-likeness (QED) is 0.683. The summed E-state index contributed by atoms with van der Waals surface area (Å²) in [7, 11) is 0. The second-order valence-electron chi connectivity index (χ2n) is 4.66. The van der Waals surface area contributed by atoms with E-state index in [2.05, 4.69) is 25.7 Å². The predicted molar refractivity (Wildman–Crippen MR) is 79.5 cm³/mol. The zero-order valence-electron chi connectivity index (χ0n) is 12.0. The molecule has 0 radical (unpaired) electrons. The molecule has 3 aromatic rings. The van der Waals surface area contributed by atoms with Crippen molar-refractivity contribution in [3.05, 3.63) is 65.1 Å². The van der Waals surface area contributed by atoms with E-state index in [0.29, 0.717) is 5.69 Å². The zero-order valence-corrected chi connectivity index (χ0v) is 12.0. The number of rotatable bonds is 5. The molecule has 0 saturated heterocycles. The van der Waals surface area contributed by atoms with E-state index in [-0.39, 0.29) is 24.6 Å². The summed E-state index contributed by atoms with van der Waals surface area (Å²) in [5.41, 5.74) is 1.10. The number of carbonyl (C=O) groups is 1. The van der Waals surface area contributed by atoms with Gasteiger partial charge < -0.3 is 5.32 Å². The summed E-state index contributed by atoms with van der Waals surface area (Å²) in [6.07, 6.45) is 6.48. The molecule has 0 fully saturated rings. The Balaban J connectivity index is 1.59. The van der Waals surface area contributed by atoms with E-state index in [1.165, 1.54) is 18.3 Å². The van der Waals surface area contributed by atoms with Gasteiger partial charge in [0, 0.05) is 24.7 Å². The van der Waals surface area contributed by atoms with Gasteiger partial charge in [-0.15, -0.1) is 5.10 Å². The van der Waals surface area contributed by atoms with Gasteiger partial charge in [0.25, 0.3) is 5.56 Å². The van der Waals surface area contributed by atoms with Gasteiger partial charge in [0.05, 0.1) is 18.4 Å². The smallest absolute Gasteiger partial charge is 0.267 e. The fourth-order valence-corrected chi connectivity index (χ4v) is 1.89. The Morgan fingerprint density at radius 3 is 2.78 bits per heavy atom. The first-order valence-corrected chi connectivity index (χ1v) is 6.83. The Morgan fingerprint density at radius 2 is 2.00 bits per heavy atom. The van der Waals surface area contributed by atoms with Crippen molar-refractivity contribution < 1.29 is 4.79 Å². The molecule has 1 amide bonds. The maximum atomic E-state index is 11.8. The van der Waals surface area contributed by atoms with Crippen molar-refractivity contribution in [2.75, 3.05) is 0 Å². The highest BCUT2D eigenvalue weighted by molar-refractivity contribution is 5.75. The van der Waals surface area contributed by atoms with Crippen LogP contribution in [0.3, 0.4) is 0 Å². The van der Waals surface area contributed by atoms with Crippen LogP contribution in [0, 0.1) is 0 Å². The first kappa shape index (κ1) is 14.6. The number of hydrogen-bond donors (Lipinski definition) is 1. The lowest BCUT2D eigenvalue weighted by atomic mass is 10.4. The van der Waals surface area contributed by atoms with Gasteiger partial charge in [-0.1, -0.05) is 5.21 Å². The Kier molecular flexibility index (Phi) is 4.18. The monoisotopic (exact) mass is 311 g/mol. The van der Waals surface area contributed by atoms with Crippen molar-refractivity contribution in [3.8, 4) is 5.69 Å². The molecular formula is C14H13N7O2. The van der Waals surface area contributed by atoms with Crippen molar-refractivity contribution in [2.24, 2.45) is 0 Å². The van der Waals surface area contributed by atoms with Crippen molar-refractivity contribution >= 4 is 5.91 Å². The predicted octanol–water partition coefficient (Wildman–Crippen LogP) is -0.465. The van der Waals surface area contributed by atoms with Crippen LogP contribution < -0.4 is 10.9 Å². The van der Waals surface area contributed by atoms with Gasteiger partial charge in [0.15, 0.2) is 0 Å². The van der Waals surface area contributed by atoms with E-state index in [1.54, 1.807) is 35.4 Å². The molecule has 1 N–H and O–H groups in total. The van der Waals surface area contributed by atoms with E-state index >= 15 is 0 Å². The zero-order chi connectivity index (χ0) is 16.1. The number of carbonyl (C=O) groups excluding carboxylic acids is 1. The van der Waals surface area contributed by atoms with Crippen LogP contribution in [0.15, 0.2) is 53.8 Å². The number of nitrogens with one attached hydrogen (secondary N) is 1. The van der Waals surface area contributed by atoms with E-state index in [9.17, 15) is 9.59 Å². The maximum absolute atomic E-state index is 11.8. The Hall–Kier alpha value is -3.36. The van der Waals surface area contributed by atoms with Crippen molar-refractivity contribution in [1.82, 2.24) is 35.1 Å². The van der Waals surface area contributed by atoms with Crippen LogP contribution in [0.2, 0.25) is 0 Å². The van der Waals surface area contributed by atoms with Gasteiger partial charge in [-0.25, -0.2) is 9.36 Å². The van der Waals surface area contributed by atoms with Gasteiger partial charge in [0.1, 0.15) is 12.2 Å². The minimum absolute atomic E-state index is 0.141. The van der Waals surface area contributed by atoms with Crippen LogP contribution in [0.25, 0.3) is 5.69 Å². The highest BCUT2D eigenvalue weighted by atomic mass is 16.2. The highest BCUT2D eigenvalue weighted by Crippen LogP contribution is 2.04. The lowest BCUT2D eigenvalue weighted by Gasteiger charge is -2.04. The normalized spacial score (nSPS) is 10.4. The van der Waals surface area contributed by atoms with Gasteiger partial charge in [-0.05, 0) is 18.2 Å². The molecule has 0 atom stereocenters. The topological polar surface area (TPSA) is 108 Å². The minimum Gasteiger partial charge on any atom is -0.349 e. The van der Waals surface area contributed by atoms with Crippen molar-refractivity contribution in [3.63, 3.8) is 0 Å². The molecule has 0 unspecified atom stereocenters. The van der Waals surface area contributed by atoms with E-state index in [1.807, 2.05) is 0 Å². The summed E-state index contributed by atoms with van der Waals surface area (Å²) in [6, 6.07) is 6.46. The largest absolute Gasteiger partial charge is 0.349 e.